The van der Waals surface area contributed by atoms with Crippen LogP contribution in [0.1, 0.15) is 32.3 Å². The zero-order valence-electron chi connectivity index (χ0n) is 13.5. The average Bonchev–Trinajstić information content (AvgIpc) is 2.96. The van der Waals surface area contributed by atoms with Crippen LogP contribution in [0.2, 0.25) is 0 Å². The van der Waals surface area contributed by atoms with Crippen molar-refractivity contribution >= 4 is 11.7 Å². The van der Waals surface area contributed by atoms with Crippen LogP contribution in [-0.4, -0.2) is 42.9 Å². The Morgan fingerprint density at radius 2 is 2.14 bits per heavy atom. The van der Waals surface area contributed by atoms with Gasteiger partial charge in [-0.3, -0.25) is 0 Å². The molecule has 3 N–H and O–H groups in total. The van der Waals surface area contributed by atoms with E-state index in [-0.39, 0.29) is 18.2 Å². The molecule has 1 aromatic carbocycles. The van der Waals surface area contributed by atoms with E-state index in [2.05, 4.69) is 46.7 Å². The van der Waals surface area contributed by atoms with Crippen molar-refractivity contribution < 1.29 is 9.90 Å². The van der Waals surface area contributed by atoms with Gasteiger partial charge in [0.1, 0.15) is 0 Å². The molecule has 0 saturated heterocycles. The lowest BCUT2D eigenvalue weighted by Crippen LogP contribution is -2.45. The molecule has 22 heavy (non-hydrogen) atoms. The van der Waals surface area contributed by atoms with Crippen LogP contribution in [0, 0.1) is 0 Å². The highest BCUT2D eigenvalue weighted by atomic mass is 16.3. The molecule has 1 aliphatic heterocycles. The van der Waals surface area contributed by atoms with Crippen LogP contribution in [0.15, 0.2) is 24.3 Å². The molecule has 0 bridgehead atoms. The van der Waals surface area contributed by atoms with Gasteiger partial charge in [-0.25, -0.2) is 4.79 Å². The van der Waals surface area contributed by atoms with Crippen LogP contribution in [0.25, 0.3) is 0 Å². The zero-order chi connectivity index (χ0) is 15.9. The highest BCUT2D eigenvalue weighted by Crippen LogP contribution is 2.28. The summed E-state index contributed by atoms with van der Waals surface area (Å²) in [6, 6.07) is 8.54. The van der Waals surface area contributed by atoms with E-state index in [0.29, 0.717) is 25.9 Å². The molecule has 1 aliphatic rings. The predicted octanol–water partition coefficient (Wildman–Crippen LogP) is 1.90. The van der Waals surface area contributed by atoms with E-state index in [1.165, 1.54) is 11.3 Å². The van der Waals surface area contributed by atoms with Crippen molar-refractivity contribution in [2.75, 3.05) is 24.5 Å². The molecule has 0 radical (unpaired) electrons. The lowest BCUT2D eigenvalue weighted by molar-refractivity contribution is 0.160. The lowest BCUT2D eigenvalue weighted by Gasteiger charge is -2.27. The Kier molecular flexibility index (Phi) is 6.07. The maximum atomic E-state index is 11.8. The maximum Gasteiger partial charge on any atom is 0.314 e. The topological polar surface area (TPSA) is 64.6 Å². The molecule has 1 heterocycles. The molecule has 0 saturated carbocycles. The number of carbonyl (C=O) groups is 1. The fraction of sp³-hybridized carbons (Fsp3) is 0.588. The highest BCUT2D eigenvalue weighted by molar-refractivity contribution is 5.73. The minimum absolute atomic E-state index is 0.164. The van der Waals surface area contributed by atoms with Crippen LogP contribution in [0.3, 0.4) is 0 Å². The number of nitrogens with zero attached hydrogens (tertiary/aromatic N) is 1. The number of aliphatic hydroxyl groups excluding tert-OH is 1. The number of carbonyl (C=O) groups excluding carboxylic acids is 1. The summed E-state index contributed by atoms with van der Waals surface area (Å²) in [4.78, 5) is 14.1. The SMILES string of the molecule is CCC(O)CCNC(=O)NCC(C)N1CCc2ccccc21. The van der Waals surface area contributed by atoms with Crippen LogP contribution in [0.4, 0.5) is 10.5 Å². The molecule has 5 heteroatoms. The van der Waals surface area contributed by atoms with Crippen LogP contribution in [-0.2, 0) is 6.42 Å². The average molecular weight is 305 g/mol. The largest absolute Gasteiger partial charge is 0.393 e. The highest BCUT2D eigenvalue weighted by Gasteiger charge is 2.22. The molecular formula is C17H27N3O2. The standard InChI is InChI=1S/C17H27N3O2/c1-3-15(21)8-10-18-17(22)19-12-13(2)20-11-9-14-6-4-5-7-16(14)20/h4-7,13,15,21H,3,8-12H2,1-2H3,(H2,18,19,22). The molecule has 0 aliphatic carbocycles. The van der Waals surface area contributed by atoms with Crippen molar-refractivity contribution in [2.45, 2.75) is 45.3 Å². The lowest BCUT2D eigenvalue weighted by atomic mass is 10.2. The van der Waals surface area contributed by atoms with Crippen LogP contribution >= 0.6 is 0 Å². The van der Waals surface area contributed by atoms with Crippen molar-refractivity contribution in [1.29, 1.82) is 0 Å². The fourth-order valence-electron chi connectivity index (χ4n) is 2.79. The Morgan fingerprint density at radius 3 is 2.91 bits per heavy atom. The maximum absolute atomic E-state index is 11.8. The molecule has 122 valence electrons. The first-order valence-electron chi connectivity index (χ1n) is 8.16. The van der Waals surface area contributed by atoms with Gasteiger partial charge < -0.3 is 20.6 Å². The second kappa shape index (κ2) is 8.03. The molecule has 2 amide bonds. The third-order valence-corrected chi connectivity index (χ3v) is 4.25. The normalized spacial score (nSPS) is 16.0. The van der Waals surface area contributed by atoms with Crippen LogP contribution < -0.4 is 15.5 Å². The number of urea groups is 1. The molecule has 2 atom stereocenters. The third kappa shape index (κ3) is 4.37. The van der Waals surface area contributed by atoms with E-state index in [4.69, 9.17) is 0 Å². The van der Waals surface area contributed by atoms with Gasteiger partial charge in [0.05, 0.1) is 6.10 Å². The van der Waals surface area contributed by atoms with Crippen molar-refractivity contribution in [3.63, 3.8) is 0 Å². The van der Waals surface area contributed by atoms with Gasteiger partial charge in [0, 0.05) is 31.4 Å². The summed E-state index contributed by atoms with van der Waals surface area (Å²) in [6.45, 7) is 6.17. The van der Waals surface area contributed by atoms with E-state index < -0.39 is 0 Å². The Balaban J connectivity index is 1.72. The summed E-state index contributed by atoms with van der Waals surface area (Å²) in [5, 5.41) is 15.1. The number of hydrogen-bond acceptors (Lipinski definition) is 3. The van der Waals surface area contributed by atoms with E-state index in [1.807, 2.05) is 6.92 Å². The van der Waals surface area contributed by atoms with Gasteiger partial charge in [-0.1, -0.05) is 25.1 Å². The summed E-state index contributed by atoms with van der Waals surface area (Å²) >= 11 is 0. The third-order valence-electron chi connectivity index (χ3n) is 4.25. The summed E-state index contributed by atoms with van der Waals surface area (Å²) < 4.78 is 0. The monoisotopic (exact) mass is 305 g/mol. The summed E-state index contributed by atoms with van der Waals surface area (Å²) in [6.07, 6.45) is 2.05. The van der Waals surface area contributed by atoms with Crippen molar-refractivity contribution in [3.05, 3.63) is 29.8 Å². The van der Waals surface area contributed by atoms with E-state index in [1.54, 1.807) is 0 Å². The Bertz CT molecular complexity index is 493. The number of anilines is 1. The van der Waals surface area contributed by atoms with Gasteiger partial charge >= 0.3 is 6.03 Å². The smallest absolute Gasteiger partial charge is 0.314 e. The van der Waals surface area contributed by atoms with Gasteiger partial charge in [0.15, 0.2) is 0 Å². The van der Waals surface area contributed by atoms with Crippen molar-refractivity contribution in [3.8, 4) is 0 Å². The summed E-state index contributed by atoms with van der Waals surface area (Å²) in [5.41, 5.74) is 2.66. The van der Waals surface area contributed by atoms with Gasteiger partial charge in [0.25, 0.3) is 0 Å². The number of benzene rings is 1. The number of amides is 2. The van der Waals surface area contributed by atoms with Crippen LogP contribution in [0.5, 0.6) is 0 Å². The number of aliphatic hydroxyl groups is 1. The fourth-order valence-corrected chi connectivity index (χ4v) is 2.79. The number of rotatable bonds is 7. The van der Waals surface area contributed by atoms with Gasteiger partial charge in [-0.05, 0) is 37.8 Å². The predicted molar refractivity (Wildman–Crippen MR) is 89.3 cm³/mol. The Hall–Kier alpha value is -1.75. The van der Waals surface area contributed by atoms with Crippen molar-refractivity contribution in [1.82, 2.24) is 10.6 Å². The van der Waals surface area contributed by atoms with Gasteiger partial charge in [-0.2, -0.15) is 0 Å². The Labute approximate surface area is 132 Å². The molecule has 2 rings (SSSR count). The molecule has 0 fully saturated rings. The first kappa shape index (κ1) is 16.6. The number of nitrogens with one attached hydrogen (secondary N) is 2. The zero-order valence-corrected chi connectivity index (χ0v) is 13.5. The number of fused-ring (bicyclic) bond motifs is 1. The molecular weight excluding hydrogens is 278 g/mol. The van der Waals surface area contributed by atoms with Gasteiger partial charge in [-0.15, -0.1) is 0 Å². The van der Waals surface area contributed by atoms with E-state index in [9.17, 15) is 9.90 Å². The van der Waals surface area contributed by atoms with E-state index in [0.717, 1.165) is 13.0 Å². The molecule has 5 nitrogen and oxygen atoms in total. The second-order valence-corrected chi connectivity index (χ2v) is 5.91. The van der Waals surface area contributed by atoms with Crippen molar-refractivity contribution in [2.24, 2.45) is 0 Å². The number of para-hydroxylation sites is 1. The summed E-state index contributed by atoms with van der Waals surface area (Å²) in [7, 11) is 0. The minimum Gasteiger partial charge on any atom is -0.393 e. The second-order valence-electron chi connectivity index (χ2n) is 5.91. The first-order chi connectivity index (χ1) is 10.6. The van der Waals surface area contributed by atoms with Gasteiger partial charge in [0.2, 0.25) is 0 Å². The minimum atomic E-state index is -0.333. The molecule has 0 spiro atoms. The molecule has 1 aromatic rings. The number of hydrogen-bond donors (Lipinski definition) is 3. The Morgan fingerprint density at radius 1 is 1.36 bits per heavy atom. The van der Waals surface area contributed by atoms with E-state index >= 15 is 0 Å². The summed E-state index contributed by atoms with van der Waals surface area (Å²) in [5.74, 6) is 0. The first-order valence-corrected chi connectivity index (χ1v) is 8.16. The molecule has 0 aromatic heterocycles. The molecule has 2 unspecified atom stereocenters. The quantitative estimate of drug-likeness (QED) is 0.721.